The SMILES string of the molecule is c1ccc(-c2nc[nH]c2-c2ccn[nH]2)cc1. The van der Waals surface area contributed by atoms with Gasteiger partial charge in [-0.05, 0) is 6.07 Å². The summed E-state index contributed by atoms with van der Waals surface area (Å²) in [6, 6.07) is 12.0. The van der Waals surface area contributed by atoms with Gasteiger partial charge >= 0.3 is 0 Å². The van der Waals surface area contributed by atoms with E-state index in [0.29, 0.717) is 0 Å². The van der Waals surface area contributed by atoms with Crippen LogP contribution in [0.3, 0.4) is 0 Å². The van der Waals surface area contributed by atoms with Gasteiger partial charge in [-0.2, -0.15) is 5.10 Å². The van der Waals surface area contributed by atoms with Crippen LogP contribution in [0.15, 0.2) is 48.9 Å². The molecule has 16 heavy (non-hydrogen) atoms. The molecule has 0 fully saturated rings. The summed E-state index contributed by atoms with van der Waals surface area (Å²) >= 11 is 0. The van der Waals surface area contributed by atoms with E-state index >= 15 is 0 Å². The molecule has 2 aromatic heterocycles. The van der Waals surface area contributed by atoms with E-state index in [0.717, 1.165) is 22.6 Å². The second-order valence-corrected chi connectivity index (χ2v) is 3.46. The lowest BCUT2D eigenvalue weighted by Gasteiger charge is -1.99. The summed E-state index contributed by atoms with van der Waals surface area (Å²) < 4.78 is 0. The second kappa shape index (κ2) is 3.66. The number of hydrogen-bond acceptors (Lipinski definition) is 2. The molecule has 0 radical (unpaired) electrons. The summed E-state index contributed by atoms with van der Waals surface area (Å²) in [5.74, 6) is 0. The fourth-order valence-electron chi connectivity index (χ4n) is 1.71. The predicted molar refractivity (Wildman–Crippen MR) is 61.6 cm³/mol. The lowest BCUT2D eigenvalue weighted by Crippen LogP contribution is -1.83. The van der Waals surface area contributed by atoms with Crippen LogP contribution in [0.25, 0.3) is 22.6 Å². The molecule has 0 spiro atoms. The Bertz CT molecular complexity index is 566. The number of hydrogen-bond donors (Lipinski definition) is 2. The Morgan fingerprint density at radius 1 is 1.00 bits per heavy atom. The predicted octanol–water partition coefficient (Wildman–Crippen LogP) is 2.47. The maximum atomic E-state index is 4.34. The summed E-state index contributed by atoms with van der Waals surface area (Å²) in [4.78, 5) is 7.46. The highest BCUT2D eigenvalue weighted by molar-refractivity contribution is 5.75. The van der Waals surface area contributed by atoms with E-state index in [-0.39, 0.29) is 0 Å². The van der Waals surface area contributed by atoms with Crippen LogP contribution in [0.1, 0.15) is 0 Å². The monoisotopic (exact) mass is 210 g/mol. The Morgan fingerprint density at radius 3 is 2.62 bits per heavy atom. The van der Waals surface area contributed by atoms with Crippen LogP contribution in [0.5, 0.6) is 0 Å². The van der Waals surface area contributed by atoms with E-state index in [2.05, 4.69) is 20.2 Å². The molecule has 3 rings (SSSR count). The maximum absolute atomic E-state index is 4.34. The molecule has 4 heteroatoms. The van der Waals surface area contributed by atoms with Crippen LogP contribution < -0.4 is 0 Å². The van der Waals surface area contributed by atoms with Crippen molar-refractivity contribution in [2.45, 2.75) is 0 Å². The van der Waals surface area contributed by atoms with Gasteiger partial charge in [0, 0.05) is 11.8 Å². The minimum atomic E-state index is 0.935. The van der Waals surface area contributed by atoms with Gasteiger partial charge in [-0.1, -0.05) is 30.3 Å². The van der Waals surface area contributed by atoms with Gasteiger partial charge in [-0.25, -0.2) is 4.98 Å². The molecule has 0 bridgehead atoms. The Kier molecular flexibility index (Phi) is 2.04. The Morgan fingerprint density at radius 2 is 1.88 bits per heavy atom. The van der Waals surface area contributed by atoms with Crippen molar-refractivity contribution in [2.24, 2.45) is 0 Å². The number of imidazole rings is 1. The molecule has 0 amide bonds. The molecule has 0 saturated carbocycles. The van der Waals surface area contributed by atoms with Crippen LogP contribution >= 0.6 is 0 Å². The Labute approximate surface area is 92.4 Å². The average Bonchev–Trinajstić information content (AvgIpc) is 3.01. The van der Waals surface area contributed by atoms with Crippen molar-refractivity contribution in [3.8, 4) is 22.6 Å². The highest BCUT2D eigenvalue weighted by atomic mass is 15.1. The smallest absolute Gasteiger partial charge is 0.0976 e. The number of nitrogens with one attached hydrogen (secondary N) is 2. The molecule has 0 saturated heterocycles. The van der Waals surface area contributed by atoms with Crippen LogP contribution in [-0.2, 0) is 0 Å². The van der Waals surface area contributed by atoms with Crippen LogP contribution in [0.4, 0.5) is 0 Å². The highest BCUT2D eigenvalue weighted by Crippen LogP contribution is 2.26. The van der Waals surface area contributed by atoms with E-state index in [1.54, 1.807) is 12.5 Å². The summed E-state index contributed by atoms with van der Waals surface area (Å²) in [6.45, 7) is 0. The van der Waals surface area contributed by atoms with Gasteiger partial charge in [-0.3, -0.25) is 5.10 Å². The second-order valence-electron chi connectivity index (χ2n) is 3.46. The van der Waals surface area contributed by atoms with E-state index in [1.807, 2.05) is 36.4 Å². The molecule has 0 aliphatic heterocycles. The Hall–Kier alpha value is -2.36. The first-order chi connectivity index (χ1) is 7.95. The lowest BCUT2D eigenvalue weighted by atomic mass is 10.1. The molecule has 4 nitrogen and oxygen atoms in total. The summed E-state index contributed by atoms with van der Waals surface area (Å²) in [5.41, 5.74) is 3.93. The normalized spacial score (nSPS) is 10.5. The first kappa shape index (κ1) is 8.91. The molecule has 2 N–H and O–H groups in total. The molecule has 0 atom stereocenters. The minimum Gasteiger partial charge on any atom is -0.343 e. The van der Waals surface area contributed by atoms with E-state index in [9.17, 15) is 0 Å². The van der Waals surface area contributed by atoms with Gasteiger partial charge in [0.2, 0.25) is 0 Å². The molecule has 0 aliphatic carbocycles. The number of rotatable bonds is 2. The van der Waals surface area contributed by atoms with E-state index < -0.39 is 0 Å². The quantitative estimate of drug-likeness (QED) is 0.682. The number of nitrogens with zero attached hydrogens (tertiary/aromatic N) is 2. The third kappa shape index (κ3) is 1.40. The zero-order chi connectivity index (χ0) is 10.8. The summed E-state index contributed by atoms with van der Waals surface area (Å²) in [5, 5.41) is 6.87. The minimum absolute atomic E-state index is 0.935. The number of aromatic amines is 2. The van der Waals surface area contributed by atoms with Gasteiger partial charge in [-0.15, -0.1) is 0 Å². The van der Waals surface area contributed by atoms with E-state index in [1.165, 1.54) is 0 Å². The van der Waals surface area contributed by atoms with Crippen molar-refractivity contribution in [2.75, 3.05) is 0 Å². The number of benzene rings is 1. The third-order valence-corrected chi connectivity index (χ3v) is 2.46. The standard InChI is InChI=1S/C12H10N4/c1-2-4-9(5-3-1)11-12(14-8-13-11)10-6-7-15-16-10/h1-8H,(H,13,14)(H,15,16). The molecule has 3 aromatic rings. The summed E-state index contributed by atoms with van der Waals surface area (Å²) in [6.07, 6.45) is 3.42. The van der Waals surface area contributed by atoms with E-state index in [4.69, 9.17) is 0 Å². The highest BCUT2D eigenvalue weighted by Gasteiger charge is 2.10. The van der Waals surface area contributed by atoms with Crippen LogP contribution in [0.2, 0.25) is 0 Å². The summed E-state index contributed by atoms with van der Waals surface area (Å²) in [7, 11) is 0. The fraction of sp³-hybridized carbons (Fsp3) is 0. The van der Waals surface area contributed by atoms with Crippen molar-refractivity contribution in [1.82, 2.24) is 20.2 Å². The topological polar surface area (TPSA) is 57.4 Å². The molecular formula is C12H10N4. The van der Waals surface area contributed by atoms with Crippen molar-refractivity contribution >= 4 is 0 Å². The molecular weight excluding hydrogens is 200 g/mol. The zero-order valence-electron chi connectivity index (χ0n) is 8.51. The van der Waals surface area contributed by atoms with Gasteiger partial charge in [0.1, 0.15) is 0 Å². The van der Waals surface area contributed by atoms with Crippen LogP contribution in [0, 0.1) is 0 Å². The van der Waals surface area contributed by atoms with Crippen molar-refractivity contribution in [3.63, 3.8) is 0 Å². The maximum Gasteiger partial charge on any atom is 0.0976 e. The molecule has 78 valence electrons. The van der Waals surface area contributed by atoms with Gasteiger partial charge in [0.05, 0.1) is 23.4 Å². The van der Waals surface area contributed by atoms with Gasteiger partial charge < -0.3 is 4.98 Å². The number of aromatic nitrogens is 4. The van der Waals surface area contributed by atoms with Gasteiger partial charge in [0.15, 0.2) is 0 Å². The molecule has 2 heterocycles. The van der Waals surface area contributed by atoms with Crippen LogP contribution in [-0.4, -0.2) is 20.2 Å². The number of H-pyrrole nitrogens is 2. The van der Waals surface area contributed by atoms with Crippen molar-refractivity contribution < 1.29 is 0 Å². The molecule has 1 aromatic carbocycles. The lowest BCUT2D eigenvalue weighted by molar-refractivity contribution is 1.09. The fourth-order valence-corrected chi connectivity index (χ4v) is 1.71. The first-order valence-electron chi connectivity index (χ1n) is 5.03. The first-order valence-corrected chi connectivity index (χ1v) is 5.03. The molecule has 0 unspecified atom stereocenters. The largest absolute Gasteiger partial charge is 0.343 e. The molecule has 0 aliphatic rings. The van der Waals surface area contributed by atoms with Gasteiger partial charge in [0.25, 0.3) is 0 Å². The van der Waals surface area contributed by atoms with Crippen molar-refractivity contribution in [1.29, 1.82) is 0 Å². The zero-order valence-corrected chi connectivity index (χ0v) is 8.51. The van der Waals surface area contributed by atoms with Crippen molar-refractivity contribution in [3.05, 3.63) is 48.9 Å². The Balaban J connectivity index is 2.14. The third-order valence-electron chi connectivity index (χ3n) is 2.46. The average molecular weight is 210 g/mol.